The van der Waals surface area contributed by atoms with Crippen LogP contribution in [0.25, 0.3) is 0 Å². The Morgan fingerprint density at radius 2 is 1.89 bits per heavy atom. The molecule has 4 heteroatoms. The number of nitrogens with one attached hydrogen (secondary N) is 1. The van der Waals surface area contributed by atoms with Crippen molar-refractivity contribution in [2.45, 2.75) is 32.2 Å². The van der Waals surface area contributed by atoms with Gasteiger partial charge in [0.15, 0.2) is 0 Å². The normalized spacial score (nSPS) is 20.4. The molecule has 1 saturated heterocycles. The van der Waals surface area contributed by atoms with Gasteiger partial charge >= 0.3 is 0 Å². The van der Waals surface area contributed by atoms with Gasteiger partial charge in [0.2, 0.25) is 5.91 Å². The van der Waals surface area contributed by atoms with E-state index in [0.717, 1.165) is 36.1 Å². The first-order valence-electron chi connectivity index (χ1n) is 6.33. The minimum atomic E-state index is -0.493. The third-order valence-electron chi connectivity index (χ3n) is 3.29. The lowest BCUT2D eigenvalue weighted by molar-refractivity contribution is -0.124. The van der Waals surface area contributed by atoms with E-state index in [2.05, 4.69) is 21.2 Å². The van der Waals surface area contributed by atoms with Crippen LogP contribution < -0.4 is 10.2 Å². The minimum absolute atomic E-state index is 0.143. The number of carbonyl (C=O) groups is 1. The third kappa shape index (κ3) is 2.93. The summed E-state index contributed by atoms with van der Waals surface area (Å²) in [5, 5.41) is 3.32. The second kappa shape index (κ2) is 5.41. The maximum absolute atomic E-state index is 12.6. The number of hydrogen-bond acceptors (Lipinski definition) is 2. The van der Waals surface area contributed by atoms with Crippen molar-refractivity contribution in [3.05, 3.63) is 28.7 Å². The Morgan fingerprint density at radius 1 is 1.22 bits per heavy atom. The van der Waals surface area contributed by atoms with E-state index in [1.165, 1.54) is 0 Å². The monoisotopic (exact) mass is 310 g/mol. The number of amides is 1. The third-order valence-corrected chi connectivity index (χ3v) is 3.82. The lowest BCUT2D eigenvalue weighted by atomic mass is 10.0. The first-order valence-corrected chi connectivity index (χ1v) is 7.12. The van der Waals surface area contributed by atoms with Crippen molar-refractivity contribution in [3.8, 4) is 0 Å². The van der Waals surface area contributed by atoms with Crippen molar-refractivity contribution < 1.29 is 4.79 Å². The summed E-state index contributed by atoms with van der Waals surface area (Å²) < 4.78 is 1.03. The molecule has 1 aliphatic heterocycles. The summed E-state index contributed by atoms with van der Waals surface area (Å²) >= 11 is 3.42. The number of hydrogen-bond donors (Lipinski definition) is 1. The molecule has 1 amide bonds. The first kappa shape index (κ1) is 13.6. The van der Waals surface area contributed by atoms with Crippen LogP contribution in [0.4, 0.5) is 5.69 Å². The van der Waals surface area contributed by atoms with Gasteiger partial charge in [0, 0.05) is 16.7 Å². The Hall–Kier alpha value is -0.870. The van der Waals surface area contributed by atoms with Crippen LogP contribution in [0, 0.1) is 0 Å². The Morgan fingerprint density at radius 3 is 2.56 bits per heavy atom. The van der Waals surface area contributed by atoms with E-state index in [-0.39, 0.29) is 5.91 Å². The maximum Gasteiger partial charge on any atom is 0.246 e. The highest BCUT2D eigenvalue weighted by Gasteiger charge is 2.33. The van der Waals surface area contributed by atoms with E-state index in [4.69, 9.17) is 0 Å². The fourth-order valence-corrected chi connectivity index (χ4v) is 2.44. The molecule has 18 heavy (non-hydrogen) atoms. The van der Waals surface area contributed by atoms with Crippen molar-refractivity contribution in [2.24, 2.45) is 0 Å². The second-order valence-electron chi connectivity index (χ2n) is 5.19. The van der Waals surface area contributed by atoms with E-state index in [9.17, 15) is 4.79 Å². The van der Waals surface area contributed by atoms with E-state index in [1.54, 1.807) is 0 Å². The molecule has 1 aliphatic rings. The van der Waals surface area contributed by atoms with E-state index < -0.39 is 5.54 Å². The predicted octanol–water partition coefficient (Wildman–Crippen LogP) is 2.94. The fraction of sp³-hybridized carbons (Fsp3) is 0.500. The Balaban J connectivity index is 2.28. The number of benzene rings is 1. The molecule has 1 aromatic rings. The van der Waals surface area contributed by atoms with Crippen LogP contribution in [0.2, 0.25) is 0 Å². The van der Waals surface area contributed by atoms with Gasteiger partial charge in [-0.15, -0.1) is 0 Å². The largest absolute Gasteiger partial charge is 0.311 e. The minimum Gasteiger partial charge on any atom is -0.311 e. The highest BCUT2D eigenvalue weighted by molar-refractivity contribution is 9.10. The molecular formula is C14H19BrN2O. The van der Waals surface area contributed by atoms with Gasteiger partial charge < -0.3 is 10.2 Å². The number of rotatable bonds is 1. The van der Waals surface area contributed by atoms with Gasteiger partial charge in [-0.2, -0.15) is 0 Å². The molecule has 1 N–H and O–H groups in total. The zero-order valence-corrected chi connectivity index (χ0v) is 12.5. The SMILES string of the molecule is CC1(C)NCCCCN(c2ccc(Br)cc2)C1=O. The van der Waals surface area contributed by atoms with Gasteiger partial charge in [-0.05, 0) is 57.5 Å². The van der Waals surface area contributed by atoms with Gasteiger partial charge in [-0.1, -0.05) is 15.9 Å². The molecular weight excluding hydrogens is 292 g/mol. The lowest BCUT2D eigenvalue weighted by Crippen LogP contribution is -2.56. The molecule has 1 aromatic carbocycles. The fourth-order valence-electron chi connectivity index (χ4n) is 2.18. The average molecular weight is 311 g/mol. The molecule has 0 bridgehead atoms. The number of carbonyl (C=O) groups excluding carboxylic acids is 1. The van der Waals surface area contributed by atoms with E-state index in [1.807, 2.05) is 43.0 Å². The lowest BCUT2D eigenvalue weighted by Gasteiger charge is -2.35. The van der Waals surface area contributed by atoms with Crippen molar-refractivity contribution in [1.29, 1.82) is 0 Å². The average Bonchev–Trinajstić information content (AvgIpc) is 2.33. The van der Waals surface area contributed by atoms with Gasteiger partial charge in [-0.3, -0.25) is 4.79 Å². The summed E-state index contributed by atoms with van der Waals surface area (Å²) in [5.74, 6) is 0.143. The standard InChI is InChI=1S/C14H19BrN2O/c1-14(2)13(18)17(10-4-3-9-16-14)12-7-5-11(15)6-8-12/h5-8,16H,3-4,9-10H2,1-2H3. The van der Waals surface area contributed by atoms with Crippen molar-refractivity contribution >= 4 is 27.5 Å². The van der Waals surface area contributed by atoms with Crippen molar-refractivity contribution in [3.63, 3.8) is 0 Å². The highest BCUT2D eigenvalue weighted by atomic mass is 79.9. The van der Waals surface area contributed by atoms with Gasteiger partial charge in [0.05, 0.1) is 5.54 Å². The van der Waals surface area contributed by atoms with Gasteiger partial charge in [0.1, 0.15) is 0 Å². The molecule has 3 nitrogen and oxygen atoms in total. The quantitative estimate of drug-likeness (QED) is 0.865. The number of anilines is 1. The molecule has 0 aliphatic carbocycles. The predicted molar refractivity (Wildman–Crippen MR) is 77.8 cm³/mol. The molecule has 2 rings (SSSR count). The van der Waals surface area contributed by atoms with Crippen LogP contribution in [0.15, 0.2) is 28.7 Å². The van der Waals surface area contributed by atoms with Crippen LogP contribution in [0.1, 0.15) is 26.7 Å². The van der Waals surface area contributed by atoms with Crippen molar-refractivity contribution in [1.82, 2.24) is 5.32 Å². The zero-order chi connectivity index (χ0) is 13.2. The molecule has 0 radical (unpaired) electrons. The van der Waals surface area contributed by atoms with Crippen LogP contribution in [-0.2, 0) is 4.79 Å². The zero-order valence-electron chi connectivity index (χ0n) is 10.9. The molecule has 0 atom stereocenters. The number of halogens is 1. The van der Waals surface area contributed by atoms with Gasteiger partial charge in [-0.25, -0.2) is 0 Å². The summed E-state index contributed by atoms with van der Waals surface area (Å²) in [6.07, 6.45) is 2.13. The van der Waals surface area contributed by atoms with E-state index >= 15 is 0 Å². The second-order valence-corrected chi connectivity index (χ2v) is 6.11. The van der Waals surface area contributed by atoms with E-state index in [0.29, 0.717) is 0 Å². The molecule has 1 fully saturated rings. The first-order chi connectivity index (χ1) is 8.50. The van der Waals surface area contributed by atoms with Crippen LogP contribution >= 0.6 is 15.9 Å². The Kier molecular flexibility index (Phi) is 4.07. The highest BCUT2D eigenvalue weighted by Crippen LogP contribution is 2.23. The Bertz CT molecular complexity index is 428. The van der Waals surface area contributed by atoms with Gasteiger partial charge in [0.25, 0.3) is 0 Å². The molecule has 98 valence electrons. The topological polar surface area (TPSA) is 32.3 Å². The molecule has 0 unspecified atom stereocenters. The molecule has 0 spiro atoms. The summed E-state index contributed by atoms with van der Waals surface area (Å²) in [7, 11) is 0. The molecule has 1 heterocycles. The van der Waals surface area contributed by atoms with Crippen LogP contribution in [0.3, 0.4) is 0 Å². The van der Waals surface area contributed by atoms with Crippen LogP contribution in [0.5, 0.6) is 0 Å². The Labute approximate surface area is 117 Å². The maximum atomic E-state index is 12.6. The summed E-state index contributed by atoms with van der Waals surface area (Å²) in [5.41, 5.74) is 0.480. The molecule has 0 saturated carbocycles. The summed E-state index contributed by atoms with van der Waals surface area (Å²) in [4.78, 5) is 14.4. The van der Waals surface area contributed by atoms with Crippen molar-refractivity contribution in [2.75, 3.05) is 18.0 Å². The molecule has 0 aromatic heterocycles. The summed E-state index contributed by atoms with van der Waals surface area (Å²) in [6.45, 7) is 5.61. The summed E-state index contributed by atoms with van der Waals surface area (Å²) in [6, 6.07) is 7.92. The number of nitrogens with zero attached hydrogens (tertiary/aromatic N) is 1. The smallest absolute Gasteiger partial charge is 0.246 e. The van der Waals surface area contributed by atoms with Crippen LogP contribution in [-0.4, -0.2) is 24.5 Å².